The summed E-state index contributed by atoms with van der Waals surface area (Å²) in [5, 5.41) is 13.3. The minimum Gasteiger partial charge on any atom is -0.478 e. The van der Waals surface area contributed by atoms with E-state index in [0.29, 0.717) is 12.0 Å². The molecule has 2 aliphatic rings. The molecule has 1 aliphatic heterocycles. The first-order valence-corrected chi connectivity index (χ1v) is 10.9. The van der Waals surface area contributed by atoms with Gasteiger partial charge < -0.3 is 10.4 Å². The molecule has 0 amide bonds. The van der Waals surface area contributed by atoms with Crippen molar-refractivity contribution in [2.24, 2.45) is 10.9 Å². The molecule has 5 heteroatoms. The van der Waals surface area contributed by atoms with E-state index in [1.807, 2.05) is 19.1 Å². The van der Waals surface area contributed by atoms with Crippen molar-refractivity contribution >= 4 is 23.2 Å². The maximum atomic E-state index is 12.1. The lowest BCUT2D eigenvalue weighted by Gasteiger charge is -2.29. The van der Waals surface area contributed by atoms with Crippen molar-refractivity contribution in [2.45, 2.75) is 40.0 Å². The molecule has 0 aromatic heterocycles. The summed E-state index contributed by atoms with van der Waals surface area (Å²) in [4.78, 5) is 16.7. The van der Waals surface area contributed by atoms with Crippen molar-refractivity contribution in [2.75, 3.05) is 18.4 Å². The second kappa shape index (κ2) is 8.50. The minimum atomic E-state index is -0.907. The Morgan fingerprint density at radius 1 is 1.19 bits per heavy atom. The quantitative estimate of drug-likeness (QED) is 0.630. The molecule has 2 N–H and O–H groups in total. The molecule has 0 spiro atoms. The zero-order chi connectivity index (χ0) is 22.1. The molecule has 0 saturated heterocycles. The third-order valence-corrected chi connectivity index (χ3v) is 6.13. The molecule has 1 aliphatic carbocycles. The van der Waals surface area contributed by atoms with Crippen molar-refractivity contribution in [1.82, 2.24) is 0 Å². The molecule has 0 fully saturated rings. The van der Waals surface area contributed by atoms with Crippen LogP contribution < -0.4 is 5.32 Å². The Balaban J connectivity index is 1.97. The highest BCUT2D eigenvalue weighted by Crippen LogP contribution is 2.47. The van der Waals surface area contributed by atoms with Gasteiger partial charge in [-0.25, -0.2) is 9.22 Å². The zero-order valence-corrected chi connectivity index (χ0v) is 18.5. The normalized spacial score (nSPS) is 21.1. The maximum Gasteiger partial charge on any atom is 0.358 e. The molecular formula is C26H29N2O3+. The number of ketones is 1. The first-order chi connectivity index (χ1) is 14.9. The van der Waals surface area contributed by atoms with Gasteiger partial charge in [-0.2, -0.15) is 0 Å². The van der Waals surface area contributed by atoms with Gasteiger partial charge in [0.15, 0.2) is 0 Å². The number of aryl methyl sites for hydroxylation is 1. The topological polar surface area (TPSA) is 73.0 Å². The van der Waals surface area contributed by atoms with Crippen molar-refractivity contribution < 1.29 is 14.3 Å². The molecule has 5 nitrogen and oxygen atoms in total. The zero-order valence-electron chi connectivity index (χ0n) is 18.5. The van der Waals surface area contributed by atoms with Crippen molar-refractivity contribution in [3.05, 3.63) is 70.3 Å². The van der Waals surface area contributed by atoms with E-state index in [1.54, 1.807) is 12.1 Å². The van der Waals surface area contributed by atoms with Crippen LogP contribution in [0.15, 0.2) is 53.0 Å². The van der Waals surface area contributed by atoms with Crippen molar-refractivity contribution in [3.63, 3.8) is 0 Å². The smallest absolute Gasteiger partial charge is 0.358 e. The predicted molar refractivity (Wildman–Crippen MR) is 125 cm³/mol. The number of aliphatic imine (C=N–C) groups is 1. The number of nitrogens with one attached hydrogen (secondary N) is 1. The number of fused-ring (bicyclic) bond motifs is 2. The molecule has 160 valence electrons. The Bertz CT molecular complexity index is 1130. The summed E-state index contributed by atoms with van der Waals surface area (Å²) in [5.74, 6) is 0.659. The molecule has 2 aromatic carbocycles. The van der Waals surface area contributed by atoms with Crippen LogP contribution in [0.5, 0.6) is 5.75 Å². The summed E-state index contributed by atoms with van der Waals surface area (Å²) in [6.07, 6.45) is 2.85. The first-order valence-electron chi connectivity index (χ1n) is 10.9. The summed E-state index contributed by atoms with van der Waals surface area (Å²) in [6, 6.07) is 11.5. The van der Waals surface area contributed by atoms with Crippen LogP contribution >= 0.6 is 0 Å². The number of benzene rings is 2. The fourth-order valence-electron chi connectivity index (χ4n) is 4.72. The van der Waals surface area contributed by atoms with Crippen molar-refractivity contribution in [1.29, 1.82) is 0 Å². The number of nitrogens with zero attached hydrogens (tertiary/aromatic N) is 1. The van der Waals surface area contributed by atoms with Gasteiger partial charge in [0, 0.05) is 24.7 Å². The van der Waals surface area contributed by atoms with E-state index < -0.39 is 5.97 Å². The lowest BCUT2D eigenvalue weighted by atomic mass is 9.71. The van der Waals surface area contributed by atoms with Crippen LogP contribution in [0.25, 0.3) is 0 Å². The molecule has 0 radical (unpaired) electrons. The molecule has 31 heavy (non-hydrogen) atoms. The Labute approximate surface area is 183 Å². The van der Waals surface area contributed by atoms with Gasteiger partial charge in [-0.05, 0) is 56.5 Å². The molecule has 2 atom stereocenters. The Morgan fingerprint density at radius 3 is 2.68 bits per heavy atom. The van der Waals surface area contributed by atoms with E-state index in [1.165, 1.54) is 0 Å². The number of hydrogen-bond donors (Lipinski definition) is 2. The highest BCUT2D eigenvalue weighted by Gasteiger charge is 2.46. The summed E-state index contributed by atoms with van der Waals surface area (Å²) in [5.41, 5.74) is 6.53. The lowest BCUT2D eigenvalue weighted by molar-refractivity contribution is -0.374. The monoisotopic (exact) mass is 417 g/mol. The largest absolute Gasteiger partial charge is 0.478 e. The Hall–Kier alpha value is -3.21. The molecule has 0 bridgehead atoms. The number of carboxylic acid groups (broad SMARTS) is 1. The summed E-state index contributed by atoms with van der Waals surface area (Å²) < 4.78 is 6.46. The van der Waals surface area contributed by atoms with Gasteiger partial charge in [0.05, 0.1) is 22.9 Å². The number of allylic oxidation sites excluding steroid dienone is 2. The van der Waals surface area contributed by atoms with E-state index in [0.717, 1.165) is 58.3 Å². The van der Waals surface area contributed by atoms with Gasteiger partial charge >= 0.3 is 17.5 Å². The number of anilines is 1. The number of carboxylic acids is 1. The second-order valence-corrected chi connectivity index (χ2v) is 8.15. The Morgan fingerprint density at radius 2 is 1.97 bits per heavy atom. The molecule has 1 heterocycles. The molecule has 4 rings (SSSR count). The second-order valence-electron chi connectivity index (χ2n) is 8.15. The fourth-order valence-corrected chi connectivity index (χ4v) is 4.72. The van der Waals surface area contributed by atoms with E-state index in [-0.39, 0.29) is 11.8 Å². The number of aromatic carboxylic acids is 1. The maximum absolute atomic E-state index is 12.1. The number of hydrogen-bond acceptors (Lipinski definition) is 3. The van der Waals surface area contributed by atoms with Gasteiger partial charge in [0.1, 0.15) is 12.3 Å². The molecule has 2 aromatic rings. The highest BCUT2D eigenvalue weighted by molar-refractivity contribution is 6.15. The standard InChI is InChI=1S/C26H28N2O3/c1-5-27-21-13-23-19(11-15(21)3)25(17-9-7-8-10-18(17)26(29)30)20-12-16(4)22(28-6-2)14-24(20)31-23/h7-13,20,25,27H,5-6,14H2,1-4H3/p+1/t20-,25+/m0/s1. The van der Waals surface area contributed by atoms with E-state index in [9.17, 15) is 9.90 Å². The van der Waals surface area contributed by atoms with E-state index in [4.69, 9.17) is 4.42 Å². The first kappa shape index (κ1) is 21.0. The average Bonchev–Trinajstić information content (AvgIpc) is 2.74. The van der Waals surface area contributed by atoms with Crippen LogP contribution in [0.1, 0.15) is 60.2 Å². The Kier molecular flexibility index (Phi) is 5.77. The average molecular weight is 418 g/mol. The predicted octanol–water partition coefficient (Wildman–Crippen LogP) is 5.52. The van der Waals surface area contributed by atoms with Crippen LogP contribution in [-0.4, -0.2) is 35.7 Å². The van der Waals surface area contributed by atoms with Gasteiger partial charge in [-0.1, -0.05) is 24.3 Å². The van der Waals surface area contributed by atoms with Gasteiger partial charge in [-0.15, -0.1) is 0 Å². The van der Waals surface area contributed by atoms with Crippen LogP contribution in [0.3, 0.4) is 0 Å². The van der Waals surface area contributed by atoms with Gasteiger partial charge in [0.25, 0.3) is 0 Å². The number of rotatable bonds is 5. The van der Waals surface area contributed by atoms with E-state index >= 15 is 0 Å². The lowest BCUT2D eigenvalue weighted by Crippen LogP contribution is -2.33. The molecule has 0 unspecified atom stereocenters. The third-order valence-electron chi connectivity index (χ3n) is 6.13. The third kappa shape index (κ3) is 3.80. The van der Waals surface area contributed by atoms with Crippen LogP contribution in [-0.2, 0) is 4.42 Å². The number of carbonyl (C=O) groups is 1. The minimum absolute atomic E-state index is 0.0341. The SMILES string of the molecule is CCN=C1CC2=[O+]c3cc(NCC)c(C)cc3[C@@H](c3ccccc3C(=O)O)[C@H]2C=C1C. The summed E-state index contributed by atoms with van der Waals surface area (Å²) in [6.45, 7) is 9.81. The van der Waals surface area contributed by atoms with Crippen molar-refractivity contribution in [3.8, 4) is 5.75 Å². The van der Waals surface area contributed by atoms with Crippen LogP contribution in [0, 0.1) is 12.8 Å². The van der Waals surface area contributed by atoms with Gasteiger partial charge in [0.2, 0.25) is 0 Å². The highest BCUT2D eigenvalue weighted by atomic mass is 16.4. The summed E-state index contributed by atoms with van der Waals surface area (Å²) in [7, 11) is 0. The summed E-state index contributed by atoms with van der Waals surface area (Å²) >= 11 is 0. The van der Waals surface area contributed by atoms with E-state index in [2.05, 4.69) is 49.3 Å². The van der Waals surface area contributed by atoms with Crippen LogP contribution in [0.2, 0.25) is 0 Å². The molecular weight excluding hydrogens is 388 g/mol. The van der Waals surface area contributed by atoms with Gasteiger partial charge in [-0.3, -0.25) is 4.99 Å². The molecule has 0 saturated carbocycles. The fraction of sp³-hybridized carbons (Fsp3) is 0.346. The van der Waals surface area contributed by atoms with Crippen LogP contribution in [0.4, 0.5) is 5.69 Å². The number of carbonyl (C=O) groups excluding carboxylic acids is 1.